The summed E-state index contributed by atoms with van der Waals surface area (Å²) >= 11 is 0. The first kappa shape index (κ1) is 22.4. The van der Waals surface area contributed by atoms with Gasteiger partial charge in [-0.1, -0.05) is 42.2 Å². The topological polar surface area (TPSA) is 45.2 Å². The van der Waals surface area contributed by atoms with Crippen molar-refractivity contribution in [2.45, 2.75) is 37.1 Å². The summed E-state index contributed by atoms with van der Waals surface area (Å²) in [6, 6.07) is 17.0. The standard InChI is InChI=1S/C28H34N2O3/c1-32-26-18-30(19-27(26)33-2)25-9-8-22(23(17-25)16-21-6-4-3-5-7-21)10-13-28(31)20-29-14-11-24(28)12-15-29/h3-9,17,24,26-27,31H,11-12,14-16,18-20H2,1-2H3. The Balaban J connectivity index is 1.45. The predicted octanol–water partition coefficient (Wildman–Crippen LogP) is 2.94. The second kappa shape index (κ2) is 9.48. The van der Waals surface area contributed by atoms with Crippen LogP contribution in [0.1, 0.15) is 29.5 Å². The van der Waals surface area contributed by atoms with Crippen molar-refractivity contribution in [1.29, 1.82) is 0 Å². The average molecular weight is 447 g/mol. The van der Waals surface area contributed by atoms with E-state index >= 15 is 0 Å². The largest absolute Gasteiger partial charge is 0.377 e. The molecule has 4 aliphatic rings. The molecule has 3 unspecified atom stereocenters. The van der Waals surface area contributed by atoms with E-state index in [1.165, 1.54) is 11.1 Å². The molecular weight excluding hydrogens is 412 g/mol. The maximum absolute atomic E-state index is 11.3. The number of anilines is 1. The molecule has 2 aromatic carbocycles. The van der Waals surface area contributed by atoms with Crippen molar-refractivity contribution in [3.05, 3.63) is 65.2 Å². The first-order valence-corrected chi connectivity index (χ1v) is 12.0. The molecule has 4 saturated heterocycles. The van der Waals surface area contributed by atoms with Crippen LogP contribution in [0.25, 0.3) is 0 Å². The van der Waals surface area contributed by atoms with Crippen LogP contribution in [0, 0.1) is 17.8 Å². The monoisotopic (exact) mass is 446 g/mol. The Labute approximate surface area is 197 Å². The number of benzene rings is 2. The van der Waals surface area contributed by atoms with Crippen molar-refractivity contribution in [3.8, 4) is 11.8 Å². The Morgan fingerprint density at radius 2 is 1.70 bits per heavy atom. The van der Waals surface area contributed by atoms with E-state index in [9.17, 15) is 5.11 Å². The van der Waals surface area contributed by atoms with E-state index in [1.807, 2.05) is 6.07 Å². The SMILES string of the molecule is COC1CN(c2ccc(C#CC3(O)CN4CCC3CC4)c(Cc3ccccc3)c2)CC1OC. The maximum atomic E-state index is 11.3. The van der Waals surface area contributed by atoms with Gasteiger partial charge in [0.05, 0.1) is 0 Å². The normalized spacial score (nSPS) is 30.8. The van der Waals surface area contributed by atoms with Gasteiger partial charge in [0.15, 0.2) is 0 Å². The first-order valence-electron chi connectivity index (χ1n) is 12.0. The molecule has 2 bridgehead atoms. The van der Waals surface area contributed by atoms with Crippen molar-refractivity contribution in [3.63, 3.8) is 0 Å². The van der Waals surface area contributed by atoms with Crippen molar-refractivity contribution < 1.29 is 14.6 Å². The van der Waals surface area contributed by atoms with Crippen molar-refractivity contribution in [2.75, 3.05) is 51.8 Å². The quantitative estimate of drug-likeness (QED) is 0.716. The lowest BCUT2D eigenvalue weighted by atomic mass is 9.75. The number of hydrogen-bond acceptors (Lipinski definition) is 5. The lowest BCUT2D eigenvalue weighted by Crippen LogP contribution is -2.58. The third-order valence-corrected chi connectivity index (χ3v) is 7.65. The summed E-state index contributed by atoms with van der Waals surface area (Å²) in [6.45, 7) is 4.46. The van der Waals surface area contributed by atoms with Gasteiger partial charge in [0.2, 0.25) is 0 Å². The minimum absolute atomic E-state index is 0.0676. The number of piperidine rings is 3. The van der Waals surface area contributed by atoms with Gasteiger partial charge in [-0.05, 0) is 61.7 Å². The molecule has 1 N–H and O–H groups in total. The molecule has 4 heterocycles. The van der Waals surface area contributed by atoms with Crippen molar-refractivity contribution in [1.82, 2.24) is 4.90 Å². The zero-order valence-corrected chi connectivity index (χ0v) is 19.7. The molecule has 4 aliphatic heterocycles. The number of rotatable bonds is 5. The van der Waals surface area contributed by atoms with Crippen LogP contribution in [0.3, 0.4) is 0 Å². The van der Waals surface area contributed by atoms with Gasteiger partial charge in [-0.15, -0.1) is 0 Å². The molecular formula is C28H34N2O3. The molecule has 4 fully saturated rings. The van der Waals surface area contributed by atoms with Gasteiger partial charge in [0.1, 0.15) is 17.8 Å². The summed E-state index contributed by atoms with van der Waals surface area (Å²) in [6.07, 6.45) is 3.02. The van der Waals surface area contributed by atoms with E-state index in [0.29, 0.717) is 6.54 Å². The van der Waals surface area contributed by atoms with Crippen LogP contribution in [-0.2, 0) is 15.9 Å². The van der Waals surface area contributed by atoms with Gasteiger partial charge in [0, 0.05) is 51.0 Å². The minimum atomic E-state index is -0.897. The Kier molecular flexibility index (Phi) is 6.44. The van der Waals surface area contributed by atoms with Crippen molar-refractivity contribution in [2.24, 2.45) is 5.92 Å². The van der Waals surface area contributed by atoms with Gasteiger partial charge >= 0.3 is 0 Å². The van der Waals surface area contributed by atoms with Gasteiger partial charge in [-0.3, -0.25) is 4.90 Å². The van der Waals surface area contributed by atoms with E-state index in [0.717, 1.165) is 56.7 Å². The fourth-order valence-corrected chi connectivity index (χ4v) is 5.62. The number of fused-ring (bicyclic) bond motifs is 3. The Morgan fingerprint density at radius 1 is 1.00 bits per heavy atom. The highest BCUT2D eigenvalue weighted by Crippen LogP contribution is 2.35. The zero-order valence-electron chi connectivity index (χ0n) is 19.7. The smallest absolute Gasteiger partial charge is 0.141 e. The third kappa shape index (κ3) is 4.67. The third-order valence-electron chi connectivity index (χ3n) is 7.65. The van der Waals surface area contributed by atoms with E-state index in [2.05, 4.69) is 64.1 Å². The summed E-state index contributed by atoms with van der Waals surface area (Å²) in [5.41, 5.74) is 3.70. The lowest BCUT2D eigenvalue weighted by Gasteiger charge is -2.47. The van der Waals surface area contributed by atoms with Gasteiger partial charge < -0.3 is 19.5 Å². The molecule has 33 heavy (non-hydrogen) atoms. The molecule has 0 saturated carbocycles. The molecule has 3 atom stereocenters. The zero-order chi connectivity index (χ0) is 22.8. The molecule has 5 heteroatoms. The summed E-state index contributed by atoms with van der Waals surface area (Å²) in [7, 11) is 3.50. The molecule has 0 amide bonds. The minimum Gasteiger partial charge on any atom is -0.377 e. The Morgan fingerprint density at radius 3 is 2.30 bits per heavy atom. The number of ether oxygens (including phenoxy) is 2. The van der Waals surface area contributed by atoms with Crippen LogP contribution in [0.4, 0.5) is 5.69 Å². The van der Waals surface area contributed by atoms with Gasteiger partial charge in [-0.2, -0.15) is 0 Å². The number of methoxy groups -OCH3 is 2. The molecule has 174 valence electrons. The van der Waals surface area contributed by atoms with E-state index in [4.69, 9.17) is 9.47 Å². The Bertz CT molecular complexity index is 1010. The molecule has 0 spiro atoms. The maximum Gasteiger partial charge on any atom is 0.141 e. The first-order chi connectivity index (χ1) is 16.1. The van der Waals surface area contributed by atoms with Crippen LogP contribution >= 0.6 is 0 Å². The average Bonchev–Trinajstić information content (AvgIpc) is 3.28. The highest BCUT2D eigenvalue weighted by Gasteiger charge is 2.44. The Hall–Kier alpha value is -2.36. The number of aliphatic hydroxyl groups is 1. The summed E-state index contributed by atoms with van der Waals surface area (Å²) in [5, 5.41) is 11.3. The van der Waals surface area contributed by atoms with Crippen LogP contribution in [0.2, 0.25) is 0 Å². The highest BCUT2D eigenvalue weighted by atomic mass is 16.5. The summed E-state index contributed by atoms with van der Waals surface area (Å²) in [5.74, 6) is 6.98. The fourth-order valence-electron chi connectivity index (χ4n) is 5.62. The van der Waals surface area contributed by atoms with Crippen LogP contribution in [-0.4, -0.2) is 74.8 Å². The molecule has 0 aliphatic carbocycles. The lowest BCUT2D eigenvalue weighted by molar-refractivity contribution is -0.0713. The van der Waals surface area contributed by atoms with E-state index < -0.39 is 5.60 Å². The molecule has 0 aromatic heterocycles. The van der Waals surface area contributed by atoms with Crippen LogP contribution < -0.4 is 4.90 Å². The van der Waals surface area contributed by atoms with Crippen LogP contribution in [0.5, 0.6) is 0 Å². The molecule has 2 aromatic rings. The van der Waals surface area contributed by atoms with Gasteiger partial charge in [0.25, 0.3) is 0 Å². The second-order valence-electron chi connectivity index (χ2n) is 9.68. The summed E-state index contributed by atoms with van der Waals surface area (Å²) < 4.78 is 11.3. The molecule has 5 nitrogen and oxygen atoms in total. The number of nitrogens with zero attached hydrogens (tertiary/aromatic N) is 2. The van der Waals surface area contributed by atoms with Crippen molar-refractivity contribution >= 4 is 5.69 Å². The van der Waals surface area contributed by atoms with Gasteiger partial charge in [-0.25, -0.2) is 0 Å². The fraction of sp³-hybridized carbons (Fsp3) is 0.500. The molecule has 0 radical (unpaired) electrons. The molecule has 6 rings (SSSR count). The predicted molar refractivity (Wildman–Crippen MR) is 130 cm³/mol. The second-order valence-corrected chi connectivity index (χ2v) is 9.68. The van der Waals surface area contributed by atoms with E-state index in [-0.39, 0.29) is 18.1 Å². The van der Waals surface area contributed by atoms with E-state index in [1.54, 1.807) is 14.2 Å². The highest BCUT2D eigenvalue weighted by molar-refractivity contribution is 5.57. The van der Waals surface area contributed by atoms with Crippen LogP contribution in [0.15, 0.2) is 48.5 Å². The summed E-state index contributed by atoms with van der Waals surface area (Å²) in [4.78, 5) is 4.67. The number of hydrogen-bond donors (Lipinski definition) is 1.